The molecule has 0 spiro atoms. The number of aryl methyl sites for hydroxylation is 1. The van der Waals surface area contributed by atoms with Gasteiger partial charge in [-0.2, -0.15) is 10.2 Å². The molecule has 0 saturated carbocycles. The Kier molecular flexibility index (Phi) is 4.66. The molecule has 1 atom stereocenters. The molecule has 3 aromatic rings. The first-order valence-electron chi connectivity index (χ1n) is 7.92. The van der Waals surface area contributed by atoms with Gasteiger partial charge in [-0.1, -0.05) is 6.92 Å². The predicted molar refractivity (Wildman–Crippen MR) is 94.8 cm³/mol. The number of nitrogens with zero attached hydrogens (tertiary/aromatic N) is 5. The third kappa shape index (κ3) is 3.06. The lowest BCUT2D eigenvalue weighted by Crippen LogP contribution is -2.32. The highest BCUT2D eigenvalue weighted by Crippen LogP contribution is 2.26. The maximum absolute atomic E-state index is 12.3. The molecule has 0 bridgehead atoms. The van der Waals surface area contributed by atoms with E-state index in [9.17, 15) is 4.79 Å². The molecule has 3 aromatic heterocycles. The summed E-state index contributed by atoms with van der Waals surface area (Å²) in [6.07, 6.45) is 4.48. The molecule has 126 valence electrons. The molecule has 0 aliphatic rings. The molecule has 3 rings (SSSR count). The smallest absolute Gasteiger partial charge is 0.272 e. The minimum atomic E-state index is -0.195. The fraction of sp³-hybridized carbons (Fsp3) is 0.375. The van der Waals surface area contributed by atoms with Gasteiger partial charge in [-0.25, -0.2) is 9.50 Å². The summed E-state index contributed by atoms with van der Waals surface area (Å²) in [5, 5.41) is 11.9. The lowest BCUT2D eigenvalue weighted by molar-refractivity contribution is 0.0934. The maximum atomic E-state index is 12.3. The van der Waals surface area contributed by atoms with Crippen molar-refractivity contribution >= 4 is 27.5 Å². The quantitative estimate of drug-likeness (QED) is 0.726. The molecular weight excluding hydrogens is 372 g/mol. The molecule has 0 aromatic carbocycles. The normalized spacial score (nSPS) is 12.5. The van der Waals surface area contributed by atoms with E-state index in [1.165, 1.54) is 0 Å². The highest BCUT2D eigenvalue weighted by atomic mass is 79.9. The summed E-state index contributed by atoms with van der Waals surface area (Å²) in [6, 6.07) is 3.62. The van der Waals surface area contributed by atoms with E-state index in [4.69, 9.17) is 0 Å². The number of halogens is 1. The van der Waals surface area contributed by atoms with Gasteiger partial charge < -0.3 is 5.32 Å². The van der Waals surface area contributed by atoms with Crippen LogP contribution in [-0.2, 0) is 6.54 Å². The van der Waals surface area contributed by atoms with E-state index in [0.29, 0.717) is 11.3 Å². The van der Waals surface area contributed by atoms with Gasteiger partial charge in [0.25, 0.3) is 5.91 Å². The van der Waals surface area contributed by atoms with Crippen molar-refractivity contribution in [2.45, 2.75) is 39.8 Å². The Morgan fingerprint density at radius 3 is 2.83 bits per heavy atom. The third-order valence-electron chi connectivity index (χ3n) is 3.86. The van der Waals surface area contributed by atoms with E-state index < -0.39 is 0 Å². The monoisotopic (exact) mass is 390 g/mol. The van der Waals surface area contributed by atoms with Crippen LogP contribution in [0.2, 0.25) is 0 Å². The lowest BCUT2D eigenvalue weighted by Gasteiger charge is -2.09. The summed E-state index contributed by atoms with van der Waals surface area (Å²) in [5.41, 5.74) is 2.50. The molecule has 7 nitrogen and oxygen atoms in total. The van der Waals surface area contributed by atoms with Crippen LogP contribution in [0.3, 0.4) is 0 Å². The molecule has 0 fully saturated rings. The van der Waals surface area contributed by atoms with Gasteiger partial charge in [0.05, 0.1) is 10.2 Å². The summed E-state index contributed by atoms with van der Waals surface area (Å²) in [7, 11) is 0. The van der Waals surface area contributed by atoms with Crippen LogP contribution >= 0.6 is 15.9 Å². The second-order valence-electron chi connectivity index (χ2n) is 5.59. The zero-order valence-electron chi connectivity index (χ0n) is 13.8. The van der Waals surface area contributed by atoms with E-state index >= 15 is 0 Å². The first kappa shape index (κ1) is 16.6. The number of aromatic nitrogens is 5. The number of hydrogen-bond donors (Lipinski definition) is 1. The first-order valence-corrected chi connectivity index (χ1v) is 8.71. The number of fused-ring (bicyclic) bond motifs is 1. The predicted octanol–water partition coefficient (Wildman–Crippen LogP) is 2.90. The van der Waals surface area contributed by atoms with Crippen molar-refractivity contribution in [3.63, 3.8) is 0 Å². The van der Waals surface area contributed by atoms with Crippen LogP contribution in [0.4, 0.5) is 0 Å². The minimum Gasteiger partial charge on any atom is -0.348 e. The number of amides is 1. The Morgan fingerprint density at radius 2 is 2.17 bits per heavy atom. The molecule has 1 N–H and O–H groups in total. The van der Waals surface area contributed by atoms with Crippen molar-refractivity contribution in [2.24, 2.45) is 0 Å². The van der Waals surface area contributed by atoms with E-state index in [1.54, 1.807) is 16.8 Å². The Bertz CT molecular complexity index is 884. The Hall–Kier alpha value is -2.22. The molecule has 1 amide bonds. The van der Waals surface area contributed by atoms with Crippen LogP contribution in [0.15, 0.2) is 29.0 Å². The van der Waals surface area contributed by atoms with Gasteiger partial charge in [0.15, 0.2) is 11.3 Å². The zero-order valence-corrected chi connectivity index (χ0v) is 15.4. The molecule has 0 aliphatic heterocycles. The highest BCUT2D eigenvalue weighted by molar-refractivity contribution is 9.10. The molecule has 0 radical (unpaired) electrons. The largest absolute Gasteiger partial charge is 0.348 e. The van der Waals surface area contributed by atoms with Gasteiger partial charge in [0.1, 0.15) is 5.69 Å². The standard InChI is InChI=1S/C16H19BrN6O/c1-4-10(3)19-16(24)12-8-14-18-7-6-13(23(14)20-12)15-11(17)9-22(5-2)21-15/h6-10H,4-5H2,1-3H3,(H,19,24). The molecule has 1 unspecified atom stereocenters. The fourth-order valence-electron chi connectivity index (χ4n) is 2.32. The van der Waals surface area contributed by atoms with E-state index in [2.05, 4.69) is 36.4 Å². The van der Waals surface area contributed by atoms with E-state index in [-0.39, 0.29) is 11.9 Å². The van der Waals surface area contributed by atoms with Crippen molar-refractivity contribution in [2.75, 3.05) is 0 Å². The van der Waals surface area contributed by atoms with Crippen LogP contribution < -0.4 is 5.32 Å². The van der Waals surface area contributed by atoms with Crippen molar-refractivity contribution in [3.8, 4) is 11.4 Å². The van der Waals surface area contributed by atoms with Crippen LogP contribution in [-0.4, -0.2) is 36.3 Å². The van der Waals surface area contributed by atoms with Gasteiger partial charge in [0.2, 0.25) is 0 Å². The van der Waals surface area contributed by atoms with Gasteiger partial charge in [-0.15, -0.1) is 0 Å². The number of carbonyl (C=O) groups excluding carboxylic acids is 1. The first-order chi connectivity index (χ1) is 11.5. The maximum Gasteiger partial charge on any atom is 0.272 e. The summed E-state index contributed by atoms with van der Waals surface area (Å²) in [4.78, 5) is 16.6. The Morgan fingerprint density at radius 1 is 1.38 bits per heavy atom. The van der Waals surface area contributed by atoms with Crippen molar-refractivity contribution in [1.82, 2.24) is 29.7 Å². The average Bonchev–Trinajstić information content (AvgIpc) is 3.17. The molecule has 3 heterocycles. The van der Waals surface area contributed by atoms with E-state index in [1.807, 2.05) is 37.7 Å². The fourth-order valence-corrected chi connectivity index (χ4v) is 2.84. The SMILES string of the molecule is CCC(C)NC(=O)c1cc2nccc(-c3nn(CC)cc3Br)n2n1. The summed E-state index contributed by atoms with van der Waals surface area (Å²) in [5.74, 6) is -0.195. The zero-order chi connectivity index (χ0) is 17.3. The highest BCUT2D eigenvalue weighted by Gasteiger charge is 2.17. The van der Waals surface area contributed by atoms with Crippen LogP contribution in [0, 0.1) is 0 Å². The second-order valence-corrected chi connectivity index (χ2v) is 6.45. The molecule has 0 aliphatic carbocycles. The van der Waals surface area contributed by atoms with Crippen LogP contribution in [0.1, 0.15) is 37.7 Å². The topological polar surface area (TPSA) is 77.1 Å². The molecule has 8 heteroatoms. The number of carbonyl (C=O) groups is 1. The van der Waals surface area contributed by atoms with Gasteiger partial charge >= 0.3 is 0 Å². The summed E-state index contributed by atoms with van der Waals surface area (Å²) in [6.45, 7) is 6.78. The van der Waals surface area contributed by atoms with Crippen LogP contribution in [0.5, 0.6) is 0 Å². The number of hydrogen-bond acceptors (Lipinski definition) is 4. The number of rotatable bonds is 5. The Labute approximate surface area is 148 Å². The van der Waals surface area contributed by atoms with Crippen molar-refractivity contribution in [1.29, 1.82) is 0 Å². The van der Waals surface area contributed by atoms with Crippen molar-refractivity contribution < 1.29 is 4.79 Å². The lowest BCUT2D eigenvalue weighted by atomic mass is 10.2. The minimum absolute atomic E-state index is 0.101. The van der Waals surface area contributed by atoms with Gasteiger partial charge in [-0.3, -0.25) is 9.48 Å². The van der Waals surface area contributed by atoms with Gasteiger partial charge in [0, 0.05) is 31.0 Å². The van der Waals surface area contributed by atoms with Crippen LogP contribution in [0.25, 0.3) is 17.0 Å². The third-order valence-corrected chi connectivity index (χ3v) is 4.44. The number of nitrogens with one attached hydrogen (secondary N) is 1. The van der Waals surface area contributed by atoms with Crippen molar-refractivity contribution in [3.05, 3.63) is 34.7 Å². The van der Waals surface area contributed by atoms with Gasteiger partial charge in [-0.05, 0) is 42.3 Å². The Balaban J connectivity index is 2.04. The van der Waals surface area contributed by atoms with E-state index in [0.717, 1.165) is 28.8 Å². The molecule has 24 heavy (non-hydrogen) atoms. The summed E-state index contributed by atoms with van der Waals surface area (Å²) >= 11 is 3.53. The average molecular weight is 391 g/mol. The second kappa shape index (κ2) is 6.72. The molecule has 0 saturated heterocycles. The summed E-state index contributed by atoms with van der Waals surface area (Å²) < 4.78 is 4.36. The molecular formula is C16H19BrN6O.